The van der Waals surface area contributed by atoms with Gasteiger partial charge in [-0.15, -0.1) is 0 Å². The van der Waals surface area contributed by atoms with Crippen LogP contribution in [0.1, 0.15) is 42.5 Å². The molecule has 2 rings (SSSR count). The molecule has 1 unspecified atom stereocenters. The smallest absolute Gasteiger partial charge is 0.434 e. The molecule has 1 aromatic carbocycles. The molecule has 0 spiro atoms. The van der Waals surface area contributed by atoms with Crippen molar-refractivity contribution in [3.8, 4) is 17.2 Å². The fraction of sp³-hybridized carbons (Fsp3) is 0.381. The zero-order chi connectivity index (χ0) is 25.7. The van der Waals surface area contributed by atoms with E-state index in [1.165, 1.54) is 26.0 Å². The lowest BCUT2D eigenvalue weighted by atomic mass is 10.1. The van der Waals surface area contributed by atoms with E-state index in [0.29, 0.717) is 0 Å². The Morgan fingerprint density at radius 2 is 1.47 bits per heavy atom. The molecule has 0 aliphatic rings. The van der Waals surface area contributed by atoms with Crippen molar-refractivity contribution in [2.75, 3.05) is 13.2 Å². The van der Waals surface area contributed by atoms with Crippen molar-refractivity contribution in [3.05, 3.63) is 47.3 Å². The van der Waals surface area contributed by atoms with E-state index in [4.69, 9.17) is 14.2 Å². The molecule has 0 amide bonds. The minimum atomic E-state index is -5.41. The monoisotopic (exact) mass is 495 g/mol. The summed E-state index contributed by atoms with van der Waals surface area (Å²) < 4.78 is 99.9. The second-order valence-corrected chi connectivity index (χ2v) is 6.53. The van der Waals surface area contributed by atoms with Gasteiger partial charge in [-0.3, -0.25) is 0 Å². The Kier molecular flexibility index (Phi) is 8.35. The third-order valence-corrected chi connectivity index (χ3v) is 4.00. The summed E-state index contributed by atoms with van der Waals surface area (Å²) in [5.74, 6) is -3.34. The Balaban J connectivity index is 2.47. The maximum Gasteiger partial charge on any atom is 0.434 e. The highest BCUT2D eigenvalue weighted by Gasteiger charge is 2.44. The minimum absolute atomic E-state index is 0.133. The van der Waals surface area contributed by atoms with Gasteiger partial charge in [-0.2, -0.15) is 26.3 Å². The number of hydrogen-bond donors (Lipinski definition) is 0. The topological polar surface area (TPSA) is 84.0 Å². The molecule has 1 heterocycles. The number of pyridine rings is 1. The normalized spacial score (nSPS) is 12.6. The molecule has 186 valence electrons. The van der Waals surface area contributed by atoms with Crippen LogP contribution < -0.4 is 9.47 Å². The highest BCUT2D eigenvalue weighted by molar-refractivity contribution is 5.94. The molecular formula is C21H19F6NO6. The number of benzene rings is 1. The first-order chi connectivity index (χ1) is 15.8. The van der Waals surface area contributed by atoms with Crippen LogP contribution >= 0.6 is 0 Å². The molecule has 1 aromatic heterocycles. The van der Waals surface area contributed by atoms with E-state index >= 15 is 0 Å². The van der Waals surface area contributed by atoms with E-state index in [1.807, 2.05) is 0 Å². The van der Waals surface area contributed by atoms with Gasteiger partial charge in [-0.05, 0) is 45.0 Å². The van der Waals surface area contributed by atoms with Crippen LogP contribution in [0.2, 0.25) is 0 Å². The van der Waals surface area contributed by atoms with E-state index in [0.717, 1.165) is 12.1 Å². The first kappa shape index (κ1) is 26.7. The van der Waals surface area contributed by atoms with Gasteiger partial charge in [0.05, 0.1) is 13.2 Å². The Bertz CT molecular complexity index is 1020. The number of ether oxygens (including phenoxy) is 4. The van der Waals surface area contributed by atoms with E-state index < -0.39 is 53.1 Å². The summed E-state index contributed by atoms with van der Waals surface area (Å²) in [6.07, 6.45) is -11.7. The van der Waals surface area contributed by atoms with Crippen LogP contribution in [0.25, 0.3) is 0 Å². The number of aromatic nitrogens is 1. The summed E-state index contributed by atoms with van der Waals surface area (Å²) in [7, 11) is 0. The van der Waals surface area contributed by atoms with Crippen molar-refractivity contribution >= 4 is 11.9 Å². The largest absolute Gasteiger partial charge is 0.479 e. The molecule has 13 heteroatoms. The molecule has 0 saturated carbocycles. The Morgan fingerprint density at radius 3 is 1.97 bits per heavy atom. The average Bonchev–Trinajstić information content (AvgIpc) is 2.73. The first-order valence-corrected chi connectivity index (χ1v) is 9.75. The Morgan fingerprint density at radius 1 is 0.912 bits per heavy atom. The molecular weight excluding hydrogens is 476 g/mol. The van der Waals surface area contributed by atoms with E-state index in [9.17, 15) is 35.9 Å². The lowest BCUT2D eigenvalue weighted by Gasteiger charge is -2.18. The molecule has 0 radical (unpaired) electrons. The molecule has 0 fully saturated rings. The third kappa shape index (κ3) is 6.75. The van der Waals surface area contributed by atoms with Crippen molar-refractivity contribution in [1.82, 2.24) is 4.98 Å². The van der Waals surface area contributed by atoms with Gasteiger partial charge in [0.25, 0.3) is 0 Å². The van der Waals surface area contributed by atoms with Crippen LogP contribution in [0.15, 0.2) is 30.3 Å². The van der Waals surface area contributed by atoms with Gasteiger partial charge in [0.15, 0.2) is 11.8 Å². The average molecular weight is 495 g/mol. The number of halogens is 6. The molecule has 0 bridgehead atoms. The number of carbonyl (C=O) groups is 2. The van der Waals surface area contributed by atoms with Crippen molar-refractivity contribution in [2.24, 2.45) is 0 Å². The predicted molar refractivity (Wildman–Crippen MR) is 103 cm³/mol. The van der Waals surface area contributed by atoms with E-state index in [-0.39, 0.29) is 30.8 Å². The van der Waals surface area contributed by atoms with Crippen molar-refractivity contribution in [2.45, 2.75) is 39.2 Å². The lowest BCUT2D eigenvalue weighted by molar-refractivity contribution is -0.151. The molecule has 2 aromatic rings. The second-order valence-electron chi connectivity index (χ2n) is 6.53. The molecule has 34 heavy (non-hydrogen) atoms. The zero-order valence-electron chi connectivity index (χ0n) is 18.0. The molecule has 0 aliphatic heterocycles. The number of rotatable bonds is 8. The molecule has 1 atom stereocenters. The summed E-state index contributed by atoms with van der Waals surface area (Å²) >= 11 is 0. The van der Waals surface area contributed by atoms with Crippen molar-refractivity contribution in [3.63, 3.8) is 0 Å². The maximum atomic E-state index is 13.5. The quantitative estimate of drug-likeness (QED) is 0.357. The fourth-order valence-corrected chi connectivity index (χ4v) is 2.58. The highest BCUT2D eigenvalue weighted by Crippen LogP contribution is 2.41. The Labute approximate surface area is 189 Å². The van der Waals surface area contributed by atoms with Crippen molar-refractivity contribution in [1.29, 1.82) is 0 Å². The Hall–Kier alpha value is -3.51. The zero-order valence-corrected chi connectivity index (χ0v) is 18.0. The lowest BCUT2D eigenvalue weighted by Crippen LogP contribution is -2.26. The van der Waals surface area contributed by atoms with Crippen LogP contribution in [0.3, 0.4) is 0 Å². The first-order valence-electron chi connectivity index (χ1n) is 9.75. The number of hydrogen-bond acceptors (Lipinski definition) is 7. The summed E-state index contributed by atoms with van der Waals surface area (Å²) in [5.41, 5.74) is -5.32. The van der Waals surface area contributed by atoms with Crippen LogP contribution in [0.4, 0.5) is 26.3 Å². The van der Waals surface area contributed by atoms with Gasteiger partial charge in [0.2, 0.25) is 0 Å². The van der Waals surface area contributed by atoms with Crippen LogP contribution in [0.5, 0.6) is 17.2 Å². The summed E-state index contributed by atoms with van der Waals surface area (Å²) in [6.45, 7) is 4.12. The molecule has 0 N–H and O–H groups in total. The predicted octanol–water partition coefficient (Wildman–Crippen LogP) is 5.42. The van der Waals surface area contributed by atoms with Gasteiger partial charge in [0, 0.05) is 6.07 Å². The van der Waals surface area contributed by atoms with Gasteiger partial charge < -0.3 is 18.9 Å². The standard InChI is InChI=1S/C21H19F6NO6/c1-4-31-18(29)11(3)33-12-6-8-13(9-7-12)34-14-10-15(20(22,23)24)28-17(21(25,26)27)16(14)19(30)32-5-2/h6-11H,4-5H2,1-3H3. The maximum absolute atomic E-state index is 13.5. The molecule has 0 saturated heterocycles. The van der Waals surface area contributed by atoms with Crippen LogP contribution in [-0.4, -0.2) is 36.2 Å². The van der Waals surface area contributed by atoms with Crippen molar-refractivity contribution < 1.29 is 54.9 Å². The second kappa shape index (κ2) is 10.6. The van der Waals surface area contributed by atoms with Crippen LogP contribution in [-0.2, 0) is 26.6 Å². The summed E-state index contributed by atoms with van der Waals surface area (Å²) in [6, 6.07) is 5.00. The number of carbonyl (C=O) groups excluding carboxylic acids is 2. The van der Waals surface area contributed by atoms with Gasteiger partial charge in [-0.25, -0.2) is 14.6 Å². The van der Waals surface area contributed by atoms with E-state index in [1.54, 1.807) is 6.92 Å². The molecule has 0 aliphatic carbocycles. The van der Waals surface area contributed by atoms with Gasteiger partial charge in [0.1, 0.15) is 28.5 Å². The van der Waals surface area contributed by atoms with E-state index in [2.05, 4.69) is 9.72 Å². The number of nitrogens with zero attached hydrogens (tertiary/aromatic N) is 1. The molecule has 7 nitrogen and oxygen atoms in total. The van der Waals surface area contributed by atoms with Gasteiger partial charge >= 0.3 is 24.3 Å². The SMILES string of the molecule is CCOC(=O)c1c(Oc2ccc(OC(C)C(=O)OCC)cc2)cc(C(F)(F)F)nc1C(F)(F)F. The number of esters is 2. The number of alkyl halides is 6. The highest BCUT2D eigenvalue weighted by atomic mass is 19.4. The third-order valence-electron chi connectivity index (χ3n) is 4.00. The summed E-state index contributed by atoms with van der Waals surface area (Å²) in [5, 5.41) is 0. The fourth-order valence-electron chi connectivity index (χ4n) is 2.58. The summed E-state index contributed by atoms with van der Waals surface area (Å²) in [4.78, 5) is 26.4. The minimum Gasteiger partial charge on any atom is -0.479 e. The van der Waals surface area contributed by atoms with Crippen LogP contribution in [0, 0.1) is 0 Å². The van der Waals surface area contributed by atoms with Gasteiger partial charge in [-0.1, -0.05) is 0 Å².